The van der Waals surface area contributed by atoms with E-state index in [1.54, 1.807) is 18.2 Å². The van der Waals surface area contributed by atoms with Crippen molar-refractivity contribution in [2.45, 2.75) is 13.3 Å². The lowest BCUT2D eigenvalue weighted by Crippen LogP contribution is -2.45. The van der Waals surface area contributed by atoms with Crippen molar-refractivity contribution in [1.82, 2.24) is 10.9 Å². The Morgan fingerprint density at radius 1 is 1.14 bits per heavy atom. The summed E-state index contributed by atoms with van der Waals surface area (Å²) in [6, 6.07) is 12.1. The standard InChI is InChI=1S/C20H20FN3O4/c1-2-28-17-6-4-3-5-16(17)24-12-14(11-18(24)25)20(27)23-22-19(26)13-7-9-15(21)10-8-13/h3-10,14H,2,11-12H2,1H3,(H,22,26)(H,23,27). The van der Waals surface area contributed by atoms with Crippen LogP contribution in [0.15, 0.2) is 48.5 Å². The summed E-state index contributed by atoms with van der Waals surface area (Å²) >= 11 is 0. The molecule has 28 heavy (non-hydrogen) atoms. The third-order valence-corrected chi connectivity index (χ3v) is 4.36. The van der Waals surface area contributed by atoms with Gasteiger partial charge in [-0.1, -0.05) is 12.1 Å². The third-order valence-electron chi connectivity index (χ3n) is 4.36. The molecular weight excluding hydrogens is 365 g/mol. The number of ether oxygens (including phenoxy) is 1. The van der Waals surface area contributed by atoms with Crippen LogP contribution in [-0.2, 0) is 9.59 Å². The van der Waals surface area contributed by atoms with Gasteiger partial charge in [0, 0.05) is 18.5 Å². The van der Waals surface area contributed by atoms with Crippen molar-refractivity contribution in [2.75, 3.05) is 18.1 Å². The molecule has 3 amide bonds. The number of hydrazine groups is 1. The highest BCUT2D eigenvalue weighted by atomic mass is 19.1. The van der Waals surface area contributed by atoms with Crippen LogP contribution in [-0.4, -0.2) is 30.9 Å². The molecule has 8 heteroatoms. The number of carbonyl (C=O) groups excluding carboxylic acids is 3. The van der Waals surface area contributed by atoms with E-state index in [-0.39, 0.29) is 24.4 Å². The molecule has 1 atom stereocenters. The van der Waals surface area contributed by atoms with Crippen LogP contribution in [0.25, 0.3) is 0 Å². The number of amides is 3. The smallest absolute Gasteiger partial charge is 0.269 e. The van der Waals surface area contributed by atoms with Gasteiger partial charge in [0.2, 0.25) is 11.8 Å². The van der Waals surface area contributed by atoms with Gasteiger partial charge in [-0.3, -0.25) is 25.2 Å². The first-order valence-electron chi connectivity index (χ1n) is 8.87. The van der Waals surface area contributed by atoms with E-state index >= 15 is 0 Å². The Morgan fingerprint density at radius 3 is 2.57 bits per heavy atom. The van der Waals surface area contributed by atoms with Gasteiger partial charge in [-0.2, -0.15) is 0 Å². The molecule has 1 aliphatic rings. The van der Waals surface area contributed by atoms with Gasteiger partial charge in [0.25, 0.3) is 5.91 Å². The van der Waals surface area contributed by atoms with Crippen LogP contribution >= 0.6 is 0 Å². The molecule has 0 bridgehead atoms. The Bertz CT molecular complexity index is 885. The molecule has 1 fully saturated rings. The number of anilines is 1. The molecule has 0 aliphatic carbocycles. The number of rotatable bonds is 5. The molecule has 0 saturated carbocycles. The van der Waals surface area contributed by atoms with Gasteiger partial charge in [-0.05, 0) is 43.3 Å². The zero-order valence-corrected chi connectivity index (χ0v) is 15.3. The van der Waals surface area contributed by atoms with Crippen LogP contribution < -0.4 is 20.5 Å². The summed E-state index contributed by atoms with van der Waals surface area (Å²) in [5, 5.41) is 0. The van der Waals surface area contributed by atoms with Crippen LogP contribution in [0.5, 0.6) is 5.75 Å². The lowest BCUT2D eigenvalue weighted by atomic mass is 10.1. The number of nitrogens with one attached hydrogen (secondary N) is 2. The Balaban J connectivity index is 1.61. The SMILES string of the molecule is CCOc1ccccc1N1CC(C(=O)NNC(=O)c2ccc(F)cc2)CC1=O. The minimum atomic E-state index is -0.615. The average molecular weight is 385 g/mol. The van der Waals surface area contributed by atoms with Gasteiger partial charge in [-0.25, -0.2) is 4.39 Å². The second-order valence-electron chi connectivity index (χ2n) is 6.26. The van der Waals surface area contributed by atoms with Crippen molar-refractivity contribution in [3.05, 3.63) is 59.9 Å². The molecule has 7 nitrogen and oxygen atoms in total. The molecule has 2 N–H and O–H groups in total. The highest BCUT2D eigenvalue weighted by Gasteiger charge is 2.36. The van der Waals surface area contributed by atoms with Gasteiger partial charge < -0.3 is 9.64 Å². The quantitative estimate of drug-likeness (QED) is 0.771. The zero-order valence-electron chi connectivity index (χ0n) is 15.3. The molecule has 0 spiro atoms. The van der Waals surface area contributed by atoms with Crippen LogP contribution in [0.4, 0.5) is 10.1 Å². The van der Waals surface area contributed by atoms with Crippen LogP contribution in [0.3, 0.4) is 0 Å². The van der Waals surface area contributed by atoms with E-state index in [1.807, 2.05) is 13.0 Å². The lowest BCUT2D eigenvalue weighted by molar-refractivity contribution is -0.126. The summed E-state index contributed by atoms with van der Waals surface area (Å²) in [7, 11) is 0. The van der Waals surface area contributed by atoms with Crippen molar-refractivity contribution in [2.24, 2.45) is 5.92 Å². The predicted molar refractivity (Wildman–Crippen MR) is 100 cm³/mol. The van der Waals surface area contributed by atoms with Crippen molar-refractivity contribution in [3.63, 3.8) is 0 Å². The molecule has 0 aromatic heterocycles. The van der Waals surface area contributed by atoms with Gasteiger partial charge >= 0.3 is 0 Å². The molecular formula is C20H20FN3O4. The van der Waals surface area contributed by atoms with E-state index in [1.165, 1.54) is 17.0 Å². The van der Waals surface area contributed by atoms with E-state index in [0.29, 0.717) is 18.0 Å². The molecule has 146 valence electrons. The van der Waals surface area contributed by atoms with E-state index in [9.17, 15) is 18.8 Å². The van der Waals surface area contributed by atoms with Gasteiger partial charge in [0.1, 0.15) is 11.6 Å². The maximum atomic E-state index is 12.9. The summed E-state index contributed by atoms with van der Waals surface area (Å²) in [5.41, 5.74) is 5.42. The van der Waals surface area contributed by atoms with E-state index in [4.69, 9.17) is 4.74 Å². The topological polar surface area (TPSA) is 87.7 Å². The molecule has 1 unspecified atom stereocenters. The molecule has 1 aliphatic heterocycles. The summed E-state index contributed by atoms with van der Waals surface area (Å²) in [5.74, 6) is -1.74. The normalized spacial score (nSPS) is 16.0. The fourth-order valence-electron chi connectivity index (χ4n) is 2.97. The molecule has 2 aromatic carbocycles. The number of hydrogen-bond acceptors (Lipinski definition) is 4. The van der Waals surface area contributed by atoms with Gasteiger partial charge in [0.05, 0.1) is 18.2 Å². The summed E-state index contributed by atoms with van der Waals surface area (Å²) < 4.78 is 18.5. The fraction of sp³-hybridized carbons (Fsp3) is 0.250. The van der Waals surface area contributed by atoms with E-state index in [0.717, 1.165) is 12.1 Å². The average Bonchev–Trinajstić information content (AvgIpc) is 3.09. The number of carbonyl (C=O) groups is 3. The van der Waals surface area contributed by atoms with E-state index in [2.05, 4.69) is 10.9 Å². The second kappa shape index (κ2) is 8.51. The fourth-order valence-corrected chi connectivity index (χ4v) is 2.97. The van der Waals surface area contributed by atoms with Gasteiger partial charge in [0.15, 0.2) is 0 Å². The number of benzene rings is 2. The minimum Gasteiger partial charge on any atom is -0.492 e. The zero-order chi connectivity index (χ0) is 20.1. The Labute approximate surface area is 161 Å². The van der Waals surface area contributed by atoms with E-state index < -0.39 is 23.5 Å². The van der Waals surface area contributed by atoms with Crippen LogP contribution in [0.2, 0.25) is 0 Å². The highest BCUT2D eigenvalue weighted by Crippen LogP contribution is 2.33. The van der Waals surface area contributed by atoms with Crippen LogP contribution in [0.1, 0.15) is 23.7 Å². The van der Waals surface area contributed by atoms with Crippen molar-refractivity contribution in [3.8, 4) is 5.75 Å². The Kier molecular flexibility index (Phi) is 5.88. The van der Waals surface area contributed by atoms with Crippen LogP contribution in [0, 0.1) is 11.7 Å². The molecule has 1 saturated heterocycles. The maximum Gasteiger partial charge on any atom is 0.269 e. The van der Waals surface area contributed by atoms with Crippen molar-refractivity contribution < 1.29 is 23.5 Å². The Hall–Kier alpha value is -3.42. The number of halogens is 1. The molecule has 0 radical (unpaired) electrons. The first-order valence-corrected chi connectivity index (χ1v) is 8.87. The van der Waals surface area contributed by atoms with Crippen molar-refractivity contribution in [1.29, 1.82) is 0 Å². The first-order chi connectivity index (χ1) is 13.5. The lowest BCUT2D eigenvalue weighted by Gasteiger charge is -2.20. The summed E-state index contributed by atoms with van der Waals surface area (Å²) in [6.07, 6.45) is 0.0265. The highest BCUT2D eigenvalue weighted by molar-refractivity contribution is 6.02. The molecule has 1 heterocycles. The monoisotopic (exact) mass is 385 g/mol. The molecule has 3 rings (SSSR count). The summed E-state index contributed by atoms with van der Waals surface area (Å²) in [6.45, 7) is 2.49. The second-order valence-corrected chi connectivity index (χ2v) is 6.26. The Morgan fingerprint density at radius 2 is 1.86 bits per heavy atom. The maximum absolute atomic E-state index is 12.9. The van der Waals surface area contributed by atoms with Gasteiger partial charge in [-0.15, -0.1) is 0 Å². The number of hydrogen-bond donors (Lipinski definition) is 2. The minimum absolute atomic E-state index is 0.0265. The molecule has 2 aromatic rings. The largest absolute Gasteiger partial charge is 0.492 e. The number of para-hydroxylation sites is 2. The number of nitrogens with zero attached hydrogens (tertiary/aromatic N) is 1. The first kappa shape index (κ1) is 19.3. The predicted octanol–water partition coefficient (Wildman–Crippen LogP) is 2.04. The van der Waals surface area contributed by atoms with Crippen molar-refractivity contribution >= 4 is 23.4 Å². The summed E-state index contributed by atoms with van der Waals surface area (Å²) in [4.78, 5) is 38.3. The third kappa shape index (κ3) is 4.28.